The maximum absolute atomic E-state index is 12.4. The number of sulfonamides is 1. The highest BCUT2D eigenvalue weighted by Gasteiger charge is 2.42. The second kappa shape index (κ2) is 6.32. The second-order valence-electron chi connectivity index (χ2n) is 7.16. The van der Waals surface area contributed by atoms with Crippen LogP contribution < -0.4 is 10.0 Å². The predicted molar refractivity (Wildman–Crippen MR) is 83.1 cm³/mol. The van der Waals surface area contributed by atoms with E-state index < -0.39 is 10.0 Å². The zero-order chi connectivity index (χ0) is 14.9. The normalized spacial score (nSPS) is 32.8. The summed E-state index contributed by atoms with van der Waals surface area (Å²) in [6, 6.07) is 0.396. The van der Waals surface area contributed by atoms with Crippen molar-refractivity contribution >= 4 is 10.0 Å². The molecule has 0 spiro atoms. The molecule has 2 rings (SSSR count). The maximum atomic E-state index is 12.4. The lowest BCUT2D eigenvalue weighted by Gasteiger charge is -2.29. The van der Waals surface area contributed by atoms with E-state index in [-0.39, 0.29) is 11.3 Å². The van der Waals surface area contributed by atoms with Gasteiger partial charge in [0.2, 0.25) is 10.0 Å². The van der Waals surface area contributed by atoms with Gasteiger partial charge in [0.05, 0.1) is 5.25 Å². The lowest BCUT2D eigenvalue weighted by atomic mass is 9.84. The van der Waals surface area contributed by atoms with Crippen LogP contribution in [0.3, 0.4) is 0 Å². The molecular formula is C15H30N2O2S. The highest BCUT2D eigenvalue weighted by Crippen LogP contribution is 2.49. The standard InChI is InChI=1S/C15H30N2O2S/c1-10(2)16-9-11(3)20(18,19)17-12(4)15-8-13-5-6-14(15)7-13/h10-17H,5-9H2,1-4H3. The summed E-state index contributed by atoms with van der Waals surface area (Å²) in [5.74, 6) is 2.16. The van der Waals surface area contributed by atoms with Crippen LogP contribution in [0, 0.1) is 17.8 Å². The summed E-state index contributed by atoms with van der Waals surface area (Å²) in [5.41, 5.74) is 0. The highest BCUT2D eigenvalue weighted by atomic mass is 32.2. The van der Waals surface area contributed by atoms with Crippen molar-refractivity contribution in [3.63, 3.8) is 0 Å². The van der Waals surface area contributed by atoms with E-state index in [1.54, 1.807) is 6.92 Å². The number of nitrogens with one attached hydrogen (secondary N) is 2. The summed E-state index contributed by atoms with van der Waals surface area (Å²) >= 11 is 0. The van der Waals surface area contributed by atoms with E-state index in [0.29, 0.717) is 18.5 Å². The zero-order valence-electron chi connectivity index (χ0n) is 13.2. The lowest BCUT2D eigenvalue weighted by molar-refractivity contribution is 0.279. The van der Waals surface area contributed by atoms with Crippen LogP contribution >= 0.6 is 0 Å². The molecule has 2 N–H and O–H groups in total. The number of fused-ring (bicyclic) bond motifs is 2. The molecule has 0 saturated heterocycles. The molecule has 0 aromatic rings. The topological polar surface area (TPSA) is 58.2 Å². The first-order valence-electron chi connectivity index (χ1n) is 8.04. The summed E-state index contributed by atoms with van der Waals surface area (Å²) in [5, 5.41) is 2.82. The van der Waals surface area contributed by atoms with Crippen molar-refractivity contribution in [2.75, 3.05) is 6.54 Å². The first-order valence-corrected chi connectivity index (χ1v) is 9.58. The van der Waals surface area contributed by atoms with Gasteiger partial charge in [-0.3, -0.25) is 0 Å². The molecule has 2 saturated carbocycles. The first-order chi connectivity index (χ1) is 9.29. The van der Waals surface area contributed by atoms with Gasteiger partial charge in [-0.05, 0) is 50.9 Å². The predicted octanol–water partition coefficient (Wildman–Crippen LogP) is 2.12. The number of hydrogen-bond donors (Lipinski definition) is 2. The largest absolute Gasteiger partial charge is 0.313 e. The Kier molecular flexibility index (Phi) is 5.14. The zero-order valence-corrected chi connectivity index (χ0v) is 14.0. The van der Waals surface area contributed by atoms with Crippen LogP contribution in [0.15, 0.2) is 0 Å². The fourth-order valence-electron chi connectivity index (χ4n) is 3.88. The number of rotatable bonds is 7. The Morgan fingerprint density at radius 3 is 2.30 bits per heavy atom. The van der Waals surface area contributed by atoms with E-state index >= 15 is 0 Å². The summed E-state index contributed by atoms with van der Waals surface area (Å²) in [7, 11) is -3.22. The van der Waals surface area contributed by atoms with Crippen molar-refractivity contribution in [1.29, 1.82) is 0 Å². The molecule has 20 heavy (non-hydrogen) atoms. The fraction of sp³-hybridized carbons (Fsp3) is 1.00. The van der Waals surface area contributed by atoms with Gasteiger partial charge in [0.15, 0.2) is 0 Å². The molecule has 4 nitrogen and oxygen atoms in total. The van der Waals surface area contributed by atoms with Crippen LogP contribution in [0.25, 0.3) is 0 Å². The van der Waals surface area contributed by atoms with Crippen molar-refractivity contribution in [2.24, 2.45) is 17.8 Å². The molecule has 5 atom stereocenters. The van der Waals surface area contributed by atoms with Gasteiger partial charge in [-0.1, -0.05) is 20.3 Å². The Morgan fingerprint density at radius 2 is 1.80 bits per heavy atom. The SMILES string of the molecule is CC(C)NCC(C)S(=O)(=O)NC(C)C1CC2CCC1C2. The lowest BCUT2D eigenvalue weighted by Crippen LogP contribution is -2.46. The molecule has 0 aromatic carbocycles. The fourth-order valence-corrected chi connectivity index (χ4v) is 5.12. The van der Waals surface area contributed by atoms with Gasteiger partial charge < -0.3 is 5.32 Å². The van der Waals surface area contributed by atoms with E-state index in [9.17, 15) is 8.42 Å². The highest BCUT2D eigenvalue weighted by molar-refractivity contribution is 7.90. The van der Waals surface area contributed by atoms with Gasteiger partial charge >= 0.3 is 0 Å². The van der Waals surface area contributed by atoms with E-state index in [4.69, 9.17) is 0 Å². The summed E-state index contributed by atoms with van der Waals surface area (Å²) < 4.78 is 27.7. The quantitative estimate of drug-likeness (QED) is 0.757. The van der Waals surface area contributed by atoms with Gasteiger partial charge in [0.1, 0.15) is 0 Å². The maximum Gasteiger partial charge on any atom is 0.215 e. The molecule has 0 heterocycles. The summed E-state index contributed by atoms with van der Waals surface area (Å²) in [6.07, 6.45) is 5.19. The van der Waals surface area contributed by atoms with E-state index in [1.807, 2.05) is 20.8 Å². The van der Waals surface area contributed by atoms with Crippen LogP contribution in [0.4, 0.5) is 0 Å². The van der Waals surface area contributed by atoms with Crippen molar-refractivity contribution in [3.8, 4) is 0 Å². The Bertz CT molecular complexity index is 422. The third-order valence-electron chi connectivity index (χ3n) is 5.13. The minimum Gasteiger partial charge on any atom is -0.313 e. The molecule has 0 radical (unpaired) electrons. The Balaban J connectivity index is 1.87. The average Bonchev–Trinajstić information content (AvgIpc) is 2.97. The first kappa shape index (κ1) is 16.2. The van der Waals surface area contributed by atoms with Crippen molar-refractivity contribution in [1.82, 2.24) is 10.0 Å². The van der Waals surface area contributed by atoms with E-state index in [1.165, 1.54) is 25.7 Å². The smallest absolute Gasteiger partial charge is 0.215 e. The summed E-state index contributed by atoms with van der Waals surface area (Å²) in [6.45, 7) is 8.41. The molecule has 5 unspecified atom stereocenters. The average molecular weight is 302 g/mol. The van der Waals surface area contributed by atoms with Crippen LogP contribution in [-0.2, 0) is 10.0 Å². The Labute approximate surface area is 124 Å². The third-order valence-corrected chi connectivity index (χ3v) is 7.05. The van der Waals surface area contributed by atoms with Gasteiger partial charge in [-0.15, -0.1) is 0 Å². The molecule has 2 aliphatic carbocycles. The number of hydrogen-bond acceptors (Lipinski definition) is 3. The van der Waals surface area contributed by atoms with Crippen LogP contribution in [0.1, 0.15) is 53.4 Å². The molecule has 5 heteroatoms. The van der Waals surface area contributed by atoms with Crippen LogP contribution in [-0.4, -0.2) is 32.3 Å². The third kappa shape index (κ3) is 3.74. The van der Waals surface area contributed by atoms with Crippen molar-refractivity contribution < 1.29 is 8.42 Å². The van der Waals surface area contributed by atoms with Crippen molar-refractivity contribution in [3.05, 3.63) is 0 Å². The van der Waals surface area contributed by atoms with E-state index in [0.717, 1.165) is 11.8 Å². The van der Waals surface area contributed by atoms with Gasteiger partial charge in [0.25, 0.3) is 0 Å². The van der Waals surface area contributed by atoms with Gasteiger partial charge in [-0.25, -0.2) is 13.1 Å². The minimum absolute atomic E-state index is 0.0804. The monoisotopic (exact) mass is 302 g/mol. The molecule has 2 aliphatic rings. The van der Waals surface area contributed by atoms with Crippen LogP contribution in [0.2, 0.25) is 0 Å². The minimum atomic E-state index is -3.22. The van der Waals surface area contributed by atoms with E-state index in [2.05, 4.69) is 10.0 Å². The molecule has 0 amide bonds. The van der Waals surface area contributed by atoms with Gasteiger partial charge in [-0.2, -0.15) is 0 Å². The van der Waals surface area contributed by atoms with Crippen molar-refractivity contribution in [2.45, 2.75) is 70.7 Å². The molecule has 0 aromatic heterocycles. The van der Waals surface area contributed by atoms with Gasteiger partial charge in [0, 0.05) is 18.6 Å². The Hall–Kier alpha value is -0.130. The molecule has 2 fully saturated rings. The van der Waals surface area contributed by atoms with Crippen LogP contribution in [0.5, 0.6) is 0 Å². The molecule has 0 aliphatic heterocycles. The molecule has 2 bridgehead atoms. The summed E-state index contributed by atoms with van der Waals surface area (Å²) in [4.78, 5) is 0. The second-order valence-corrected chi connectivity index (χ2v) is 9.29. The Morgan fingerprint density at radius 1 is 1.10 bits per heavy atom. The molecule has 118 valence electrons. The molecular weight excluding hydrogens is 272 g/mol.